The molecule has 2 amide bonds. The molecular formula is C20H27N5O3S. The summed E-state index contributed by atoms with van der Waals surface area (Å²) in [6, 6.07) is 5.73. The van der Waals surface area contributed by atoms with Crippen LogP contribution in [0.2, 0.25) is 0 Å². The van der Waals surface area contributed by atoms with Crippen LogP contribution in [0.4, 0.5) is 0 Å². The maximum absolute atomic E-state index is 12.7. The Morgan fingerprint density at radius 3 is 2.76 bits per heavy atom. The van der Waals surface area contributed by atoms with E-state index in [1.807, 2.05) is 29.5 Å². The van der Waals surface area contributed by atoms with Crippen LogP contribution in [0.25, 0.3) is 0 Å². The molecule has 0 radical (unpaired) electrons. The Morgan fingerprint density at radius 2 is 2.10 bits per heavy atom. The number of carbonyl (C=O) groups excluding carboxylic acids is 2. The Hall–Kier alpha value is -2.23. The van der Waals surface area contributed by atoms with Gasteiger partial charge in [0.25, 0.3) is 11.8 Å². The number of hydrogen-bond donors (Lipinski definition) is 1. The van der Waals surface area contributed by atoms with Gasteiger partial charge in [-0.05, 0) is 37.4 Å². The van der Waals surface area contributed by atoms with Gasteiger partial charge in [0.15, 0.2) is 0 Å². The Bertz CT molecular complexity index is 857. The first kappa shape index (κ1) is 20.1. The molecule has 1 spiro atoms. The number of rotatable bonds is 4. The van der Waals surface area contributed by atoms with Crippen LogP contribution in [0.15, 0.2) is 29.8 Å². The third-order valence-electron chi connectivity index (χ3n) is 5.63. The molecule has 29 heavy (non-hydrogen) atoms. The van der Waals surface area contributed by atoms with Gasteiger partial charge in [0.1, 0.15) is 11.8 Å². The first-order valence-electron chi connectivity index (χ1n) is 9.89. The van der Waals surface area contributed by atoms with Crippen molar-refractivity contribution in [2.45, 2.75) is 31.1 Å². The van der Waals surface area contributed by atoms with Crippen molar-refractivity contribution >= 4 is 23.2 Å². The molecule has 1 N–H and O–H groups in total. The quantitative estimate of drug-likeness (QED) is 0.806. The molecule has 8 nitrogen and oxygen atoms in total. The van der Waals surface area contributed by atoms with Crippen LogP contribution in [-0.4, -0.2) is 76.3 Å². The molecule has 156 valence electrons. The van der Waals surface area contributed by atoms with Crippen molar-refractivity contribution in [3.05, 3.63) is 40.3 Å². The molecule has 2 aromatic rings. The fourth-order valence-electron chi connectivity index (χ4n) is 4.14. The molecule has 2 fully saturated rings. The highest BCUT2D eigenvalue weighted by Gasteiger charge is 2.44. The number of aryl methyl sites for hydroxylation is 1. The minimum atomic E-state index is -0.494. The van der Waals surface area contributed by atoms with Gasteiger partial charge in [-0.3, -0.25) is 14.3 Å². The summed E-state index contributed by atoms with van der Waals surface area (Å²) in [6.07, 6.45) is 2.71. The van der Waals surface area contributed by atoms with Crippen LogP contribution in [0.1, 0.15) is 28.2 Å². The Kier molecular flexibility index (Phi) is 5.71. The van der Waals surface area contributed by atoms with Crippen molar-refractivity contribution in [2.75, 3.05) is 33.2 Å². The molecule has 2 aromatic heterocycles. The Balaban J connectivity index is 1.35. The summed E-state index contributed by atoms with van der Waals surface area (Å²) < 4.78 is 7.98. The molecule has 9 heteroatoms. The number of nitrogens with one attached hydrogen (secondary N) is 1. The van der Waals surface area contributed by atoms with E-state index >= 15 is 0 Å². The third-order valence-corrected chi connectivity index (χ3v) is 6.51. The summed E-state index contributed by atoms with van der Waals surface area (Å²) in [5.41, 5.74) is 0.0784. The van der Waals surface area contributed by atoms with Crippen molar-refractivity contribution in [3.63, 3.8) is 0 Å². The minimum Gasteiger partial charge on any atom is -0.359 e. The van der Waals surface area contributed by atoms with Gasteiger partial charge in [-0.15, -0.1) is 11.3 Å². The van der Waals surface area contributed by atoms with Crippen molar-refractivity contribution in [3.8, 4) is 0 Å². The predicted molar refractivity (Wildman–Crippen MR) is 110 cm³/mol. The average Bonchev–Trinajstić information content (AvgIpc) is 3.37. The molecule has 0 aliphatic carbocycles. The molecule has 4 heterocycles. The zero-order valence-corrected chi connectivity index (χ0v) is 17.7. The molecule has 0 bridgehead atoms. The number of nitrogens with zero attached hydrogens (tertiary/aromatic N) is 4. The van der Waals surface area contributed by atoms with Crippen LogP contribution in [0, 0.1) is 0 Å². The highest BCUT2D eigenvalue weighted by molar-refractivity contribution is 7.09. The predicted octanol–water partition coefficient (Wildman–Crippen LogP) is 1.10. The van der Waals surface area contributed by atoms with E-state index in [0.717, 1.165) is 11.4 Å². The summed E-state index contributed by atoms with van der Waals surface area (Å²) in [7, 11) is 3.83. The number of amides is 2. The van der Waals surface area contributed by atoms with Gasteiger partial charge in [0.05, 0.1) is 12.1 Å². The molecule has 4 rings (SSSR count). The lowest BCUT2D eigenvalue weighted by Crippen LogP contribution is -2.61. The van der Waals surface area contributed by atoms with Gasteiger partial charge in [-0.1, -0.05) is 6.07 Å². The van der Waals surface area contributed by atoms with Crippen molar-refractivity contribution in [1.29, 1.82) is 0 Å². The summed E-state index contributed by atoms with van der Waals surface area (Å²) in [5.74, 6) is -0.119. The summed E-state index contributed by atoms with van der Waals surface area (Å²) in [5, 5.41) is 9.21. The number of likely N-dealkylation sites (N-methyl/N-ethyl adjacent to an activating group) is 1. The number of thiophene rings is 1. The Morgan fingerprint density at radius 1 is 1.31 bits per heavy atom. The SMILES string of the molecule is CN1C[C@H](C(=O)NCc2cccs2)OC2(CCN(C(=O)c3ccn(C)n3)CC2)C1. The van der Waals surface area contributed by atoms with E-state index in [1.165, 1.54) is 0 Å². The van der Waals surface area contributed by atoms with E-state index in [1.54, 1.807) is 35.3 Å². The van der Waals surface area contributed by atoms with Crippen LogP contribution < -0.4 is 5.32 Å². The molecule has 2 aliphatic heterocycles. The van der Waals surface area contributed by atoms with Crippen molar-refractivity contribution < 1.29 is 14.3 Å². The van der Waals surface area contributed by atoms with E-state index in [4.69, 9.17) is 4.74 Å². The lowest BCUT2D eigenvalue weighted by molar-refractivity contribution is -0.180. The summed E-state index contributed by atoms with van der Waals surface area (Å²) in [6.45, 7) is 3.08. The lowest BCUT2D eigenvalue weighted by Gasteiger charge is -2.48. The molecule has 0 saturated carbocycles. The van der Waals surface area contributed by atoms with Crippen molar-refractivity contribution in [2.24, 2.45) is 7.05 Å². The minimum absolute atomic E-state index is 0.0464. The number of ether oxygens (including phenoxy) is 1. The lowest BCUT2D eigenvalue weighted by atomic mass is 9.88. The van der Waals surface area contributed by atoms with Gasteiger partial charge in [0, 0.05) is 44.3 Å². The van der Waals surface area contributed by atoms with Crippen LogP contribution in [0.3, 0.4) is 0 Å². The smallest absolute Gasteiger partial charge is 0.274 e. The Labute approximate surface area is 174 Å². The fraction of sp³-hybridized carbons (Fsp3) is 0.550. The van der Waals surface area contributed by atoms with E-state index in [0.29, 0.717) is 44.7 Å². The first-order valence-corrected chi connectivity index (χ1v) is 10.8. The van der Waals surface area contributed by atoms with Crippen LogP contribution in [-0.2, 0) is 23.1 Å². The summed E-state index contributed by atoms with van der Waals surface area (Å²) >= 11 is 1.63. The zero-order valence-electron chi connectivity index (χ0n) is 16.8. The molecule has 0 unspecified atom stereocenters. The van der Waals surface area contributed by atoms with E-state index in [-0.39, 0.29) is 11.8 Å². The van der Waals surface area contributed by atoms with Crippen LogP contribution >= 0.6 is 11.3 Å². The number of carbonyl (C=O) groups is 2. The number of likely N-dealkylation sites (tertiary alicyclic amines) is 1. The number of aromatic nitrogens is 2. The molecular weight excluding hydrogens is 390 g/mol. The second kappa shape index (κ2) is 8.25. The number of hydrogen-bond acceptors (Lipinski definition) is 6. The molecule has 2 saturated heterocycles. The third kappa shape index (κ3) is 4.52. The highest BCUT2D eigenvalue weighted by atomic mass is 32.1. The monoisotopic (exact) mass is 417 g/mol. The summed E-state index contributed by atoms with van der Waals surface area (Å²) in [4.78, 5) is 30.5. The van der Waals surface area contributed by atoms with Crippen molar-refractivity contribution in [1.82, 2.24) is 24.9 Å². The second-order valence-electron chi connectivity index (χ2n) is 7.95. The standard InChI is InChI=1S/C20H27N5O3S/c1-23-13-17(18(26)21-12-15-4-3-11-29-15)28-20(14-23)6-9-25(10-7-20)19(27)16-5-8-24(2)22-16/h3-5,8,11,17H,6-7,9-10,12-14H2,1-2H3,(H,21,26)/t17-/m1/s1. The normalized spacial score (nSPS) is 22.0. The average molecular weight is 418 g/mol. The maximum atomic E-state index is 12.7. The van der Waals surface area contributed by atoms with Gasteiger partial charge in [0.2, 0.25) is 0 Å². The first-order chi connectivity index (χ1) is 13.9. The maximum Gasteiger partial charge on any atom is 0.274 e. The van der Waals surface area contributed by atoms with Gasteiger partial charge in [-0.25, -0.2) is 0 Å². The molecule has 0 aromatic carbocycles. The number of morpholine rings is 1. The topological polar surface area (TPSA) is 79.7 Å². The van der Waals surface area contributed by atoms with E-state index < -0.39 is 11.7 Å². The van der Waals surface area contributed by atoms with Gasteiger partial charge < -0.3 is 19.9 Å². The van der Waals surface area contributed by atoms with Crippen LogP contribution in [0.5, 0.6) is 0 Å². The molecule has 1 atom stereocenters. The number of piperidine rings is 1. The van der Waals surface area contributed by atoms with Gasteiger partial charge in [-0.2, -0.15) is 5.10 Å². The van der Waals surface area contributed by atoms with E-state index in [2.05, 4.69) is 15.3 Å². The zero-order chi connectivity index (χ0) is 20.4. The second-order valence-corrected chi connectivity index (χ2v) is 8.98. The van der Waals surface area contributed by atoms with E-state index in [9.17, 15) is 9.59 Å². The fourth-order valence-corrected chi connectivity index (χ4v) is 4.78. The molecule has 2 aliphatic rings. The van der Waals surface area contributed by atoms with Gasteiger partial charge >= 0.3 is 0 Å². The largest absolute Gasteiger partial charge is 0.359 e. The highest BCUT2D eigenvalue weighted by Crippen LogP contribution is 2.32.